The average molecular weight is 392 g/mol. The van der Waals surface area contributed by atoms with E-state index in [1.165, 1.54) is 17.2 Å². The number of furan rings is 1. The first kappa shape index (κ1) is 19.2. The average Bonchev–Trinajstić information content (AvgIpc) is 3.28. The Morgan fingerprint density at radius 2 is 2.00 bits per heavy atom. The Labute approximate surface area is 160 Å². The van der Waals surface area contributed by atoms with Crippen LogP contribution in [0.15, 0.2) is 58.4 Å². The van der Waals surface area contributed by atoms with Gasteiger partial charge in [-0.3, -0.25) is 9.59 Å². The van der Waals surface area contributed by atoms with Crippen molar-refractivity contribution in [3.05, 3.63) is 70.3 Å². The minimum atomic E-state index is -0.874. The molecule has 1 atom stereocenters. The van der Waals surface area contributed by atoms with E-state index in [-0.39, 0.29) is 37.7 Å². The lowest BCUT2D eigenvalue weighted by atomic mass is 9.95. The molecule has 1 aliphatic rings. The summed E-state index contributed by atoms with van der Waals surface area (Å²) >= 11 is 6.30. The summed E-state index contributed by atoms with van der Waals surface area (Å²) in [5, 5.41) is 19.6. The first-order chi connectivity index (χ1) is 13.1. The fourth-order valence-electron chi connectivity index (χ4n) is 3.01. The number of carbonyl (C=O) groups excluding carboxylic acids is 2. The number of aliphatic hydroxyl groups excluding tert-OH is 2. The molecule has 0 saturated heterocycles. The van der Waals surface area contributed by atoms with E-state index in [9.17, 15) is 14.7 Å². The van der Waals surface area contributed by atoms with Crippen molar-refractivity contribution in [1.82, 2.24) is 4.90 Å². The Morgan fingerprint density at radius 3 is 2.67 bits per heavy atom. The number of ether oxygens (including phenoxy) is 1. The van der Waals surface area contributed by atoms with Crippen LogP contribution in [-0.4, -0.2) is 53.2 Å². The molecule has 2 N–H and O–H groups in total. The van der Waals surface area contributed by atoms with Crippen LogP contribution in [0, 0.1) is 0 Å². The molecule has 2 heterocycles. The number of hydrogen-bond acceptors (Lipinski definition) is 6. The third kappa shape index (κ3) is 3.75. The summed E-state index contributed by atoms with van der Waals surface area (Å²) in [6.45, 7) is 0.209. The fraction of sp³-hybridized carbons (Fsp3) is 0.263. The molecule has 1 aromatic heterocycles. The van der Waals surface area contributed by atoms with Crippen molar-refractivity contribution in [3.63, 3.8) is 0 Å². The van der Waals surface area contributed by atoms with Gasteiger partial charge < -0.3 is 24.3 Å². The summed E-state index contributed by atoms with van der Waals surface area (Å²) in [6.07, 6.45) is 1.34. The van der Waals surface area contributed by atoms with E-state index < -0.39 is 23.5 Å². The van der Waals surface area contributed by atoms with Crippen molar-refractivity contribution in [3.8, 4) is 0 Å². The standard InChI is InChI=1S/C19H18ClNO6/c20-13-5-2-1-4-12(13)16-15(17(23)14-6-3-9-27-14)18(24)19(25)21(16)7-10-26-11-8-22/h1-6,9,16,22,24H,7-8,10-11H2/t16-/m1/s1. The van der Waals surface area contributed by atoms with Crippen LogP contribution in [-0.2, 0) is 9.53 Å². The number of amides is 1. The number of aliphatic hydroxyl groups is 2. The van der Waals surface area contributed by atoms with Crippen LogP contribution < -0.4 is 0 Å². The van der Waals surface area contributed by atoms with Gasteiger partial charge in [0, 0.05) is 11.6 Å². The molecule has 0 saturated carbocycles. The minimum absolute atomic E-state index is 0.0137. The van der Waals surface area contributed by atoms with Gasteiger partial charge in [-0.15, -0.1) is 0 Å². The third-order valence-corrected chi connectivity index (χ3v) is 4.55. The molecule has 3 rings (SSSR count). The van der Waals surface area contributed by atoms with Gasteiger partial charge in [0.1, 0.15) is 0 Å². The molecule has 0 unspecified atom stereocenters. The second kappa shape index (κ2) is 8.39. The second-order valence-electron chi connectivity index (χ2n) is 5.83. The number of rotatable bonds is 8. The molecule has 0 bridgehead atoms. The van der Waals surface area contributed by atoms with Gasteiger partial charge in [0.15, 0.2) is 11.5 Å². The number of carbonyl (C=O) groups is 2. The molecule has 8 heteroatoms. The molecule has 7 nitrogen and oxygen atoms in total. The Balaban J connectivity index is 2.00. The highest BCUT2D eigenvalue weighted by atomic mass is 35.5. The van der Waals surface area contributed by atoms with Crippen LogP contribution >= 0.6 is 11.6 Å². The summed E-state index contributed by atoms with van der Waals surface area (Å²) < 4.78 is 10.4. The molecule has 2 aromatic rings. The van der Waals surface area contributed by atoms with Crippen LogP contribution in [0.2, 0.25) is 5.02 Å². The number of nitrogens with zero attached hydrogens (tertiary/aromatic N) is 1. The number of hydrogen-bond donors (Lipinski definition) is 2. The smallest absolute Gasteiger partial charge is 0.290 e. The van der Waals surface area contributed by atoms with Crippen LogP contribution in [0.3, 0.4) is 0 Å². The van der Waals surface area contributed by atoms with Gasteiger partial charge in [0.05, 0.1) is 37.7 Å². The number of halogens is 1. The summed E-state index contributed by atoms with van der Waals surface area (Å²) in [6, 6.07) is 8.94. The molecule has 0 spiro atoms. The van der Waals surface area contributed by atoms with Crippen molar-refractivity contribution in [2.45, 2.75) is 6.04 Å². The van der Waals surface area contributed by atoms with Gasteiger partial charge in [0.2, 0.25) is 5.78 Å². The zero-order chi connectivity index (χ0) is 19.4. The molecular formula is C19H18ClNO6. The fourth-order valence-corrected chi connectivity index (χ4v) is 3.25. The summed E-state index contributed by atoms with van der Waals surface area (Å²) in [7, 11) is 0. The van der Waals surface area contributed by atoms with Gasteiger partial charge in [-0.1, -0.05) is 29.8 Å². The molecule has 0 fully saturated rings. The number of ketones is 1. The Hall–Kier alpha value is -2.61. The molecule has 1 amide bonds. The molecule has 0 radical (unpaired) electrons. The zero-order valence-electron chi connectivity index (χ0n) is 14.3. The van der Waals surface area contributed by atoms with Crippen molar-refractivity contribution < 1.29 is 29.0 Å². The van der Waals surface area contributed by atoms with Crippen LogP contribution in [0.1, 0.15) is 22.2 Å². The van der Waals surface area contributed by atoms with Gasteiger partial charge in [-0.2, -0.15) is 0 Å². The van der Waals surface area contributed by atoms with Crippen molar-refractivity contribution in [2.75, 3.05) is 26.4 Å². The number of Topliss-reactive ketones (excluding diaryl/α,β-unsaturated/α-hetero) is 1. The van der Waals surface area contributed by atoms with E-state index in [2.05, 4.69) is 0 Å². The van der Waals surface area contributed by atoms with E-state index >= 15 is 0 Å². The third-order valence-electron chi connectivity index (χ3n) is 4.21. The van der Waals surface area contributed by atoms with E-state index in [4.69, 9.17) is 25.9 Å². The molecule has 1 aliphatic heterocycles. The van der Waals surface area contributed by atoms with E-state index in [1.807, 2.05) is 0 Å². The lowest BCUT2D eigenvalue weighted by molar-refractivity contribution is -0.130. The highest BCUT2D eigenvalue weighted by Crippen LogP contribution is 2.41. The lowest BCUT2D eigenvalue weighted by Gasteiger charge is -2.27. The topological polar surface area (TPSA) is 100 Å². The Morgan fingerprint density at radius 1 is 1.22 bits per heavy atom. The quantitative estimate of drug-likeness (QED) is 0.529. The van der Waals surface area contributed by atoms with Gasteiger partial charge in [-0.05, 0) is 23.8 Å². The predicted molar refractivity (Wildman–Crippen MR) is 96.5 cm³/mol. The highest BCUT2D eigenvalue weighted by molar-refractivity contribution is 6.31. The highest BCUT2D eigenvalue weighted by Gasteiger charge is 2.44. The Kier molecular flexibility index (Phi) is 5.95. The van der Waals surface area contributed by atoms with Crippen molar-refractivity contribution in [1.29, 1.82) is 0 Å². The molecule has 142 valence electrons. The maximum absolute atomic E-state index is 12.9. The first-order valence-electron chi connectivity index (χ1n) is 8.31. The Bertz CT molecular complexity index is 861. The van der Waals surface area contributed by atoms with E-state index in [1.54, 1.807) is 30.3 Å². The SMILES string of the molecule is O=C(C1=C(O)C(=O)N(CCOCCO)[C@@H]1c1ccccc1Cl)c1ccco1. The van der Waals surface area contributed by atoms with Crippen LogP contribution in [0.25, 0.3) is 0 Å². The van der Waals surface area contributed by atoms with Gasteiger partial charge in [-0.25, -0.2) is 0 Å². The minimum Gasteiger partial charge on any atom is -0.503 e. The maximum atomic E-state index is 12.9. The number of benzene rings is 1. The monoisotopic (exact) mass is 391 g/mol. The largest absolute Gasteiger partial charge is 0.503 e. The molecule has 1 aromatic carbocycles. The molecule has 0 aliphatic carbocycles. The summed E-state index contributed by atoms with van der Waals surface area (Å²) in [5.74, 6) is -1.90. The first-order valence-corrected chi connectivity index (χ1v) is 8.69. The lowest BCUT2D eigenvalue weighted by Crippen LogP contribution is -2.34. The summed E-state index contributed by atoms with van der Waals surface area (Å²) in [5.41, 5.74) is 0.416. The van der Waals surface area contributed by atoms with Crippen LogP contribution in [0.4, 0.5) is 0 Å². The normalized spacial score (nSPS) is 17.0. The molecular weight excluding hydrogens is 374 g/mol. The van der Waals surface area contributed by atoms with E-state index in [0.29, 0.717) is 10.6 Å². The van der Waals surface area contributed by atoms with Gasteiger partial charge in [0.25, 0.3) is 5.91 Å². The van der Waals surface area contributed by atoms with Crippen LogP contribution in [0.5, 0.6) is 0 Å². The van der Waals surface area contributed by atoms with Gasteiger partial charge >= 0.3 is 0 Å². The van der Waals surface area contributed by atoms with Crippen molar-refractivity contribution >= 4 is 23.3 Å². The van der Waals surface area contributed by atoms with Crippen molar-refractivity contribution in [2.24, 2.45) is 0 Å². The zero-order valence-corrected chi connectivity index (χ0v) is 15.1. The maximum Gasteiger partial charge on any atom is 0.290 e. The predicted octanol–water partition coefficient (Wildman–Crippen LogP) is 2.52. The second-order valence-corrected chi connectivity index (χ2v) is 6.23. The summed E-state index contributed by atoms with van der Waals surface area (Å²) in [4.78, 5) is 26.8. The van der Waals surface area contributed by atoms with E-state index in [0.717, 1.165) is 0 Å². The molecule has 27 heavy (non-hydrogen) atoms.